The van der Waals surface area contributed by atoms with Crippen LogP contribution < -0.4 is 10.2 Å². The molecule has 0 radical (unpaired) electrons. The van der Waals surface area contributed by atoms with Crippen molar-refractivity contribution in [2.75, 3.05) is 31.8 Å². The van der Waals surface area contributed by atoms with E-state index in [1.807, 2.05) is 0 Å². The predicted octanol–water partition coefficient (Wildman–Crippen LogP) is 2.08. The minimum absolute atomic E-state index is 0.000403. The molecular formula is C22H27FN4O5. The van der Waals surface area contributed by atoms with Gasteiger partial charge in [-0.3, -0.25) is 19.2 Å². The fourth-order valence-corrected chi connectivity index (χ4v) is 3.74. The van der Waals surface area contributed by atoms with Gasteiger partial charge in [0, 0.05) is 32.0 Å². The van der Waals surface area contributed by atoms with Crippen LogP contribution in [0.2, 0.25) is 0 Å². The summed E-state index contributed by atoms with van der Waals surface area (Å²) in [5.41, 5.74) is -0.360. The zero-order valence-electron chi connectivity index (χ0n) is 18.6. The molecule has 0 fully saturated rings. The zero-order chi connectivity index (χ0) is 23.5. The number of carbonyl (C=O) groups is 3. The number of aryl methyl sites for hydroxylation is 1. The lowest BCUT2D eigenvalue weighted by atomic mass is 9.93. The van der Waals surface area contributed by atoms with Crippen LogP contribution >= 0.6 is 0 Å². The number of nitrogens with zero attached hydrogens (tertiary/aromatic N) is 3. The summed E-state index contributed by atoms with van der Waals surface area (Å²) in [7, 11) is 1.57. The van der Waals surface area contributed by atoms with E-state index in [-0.39, 0.29) is 24.5 Å². The quantitative estimate of drug-likeness (QED) is 0.492. The van der Waals surface area contributed by atoms with Gasteiger partial charge in [-0.15, -0.1) is 0 Å². The van der Waals surface area contributed by atoms with Gasteiger partial charge >= 0.3 is 5.97 Å². The fourth-order valence-electron chi connectivity index (χ4n) is 3.74. The number of nitrogens with one attached hydrogen (secondary N) is 1. The molecule has 10 heteroatoms. The molecule has 3 rings (SSSR count). The van der Waals surface area contributed by atoms with E-state index in [9.17, 15) is 18.8 Å². The van der Waals surface area contributed by atoms with Gasteiger partial charge in [0.15, 0.2) is 5.69 Å². The SMILES string of the molecule is CCOC(=O)c1cc2n(n1)C[C@@](C)(C(=O)NCCCOC)N(c1ccc(F)cc1C)C2=O. The number of methoxy groups -OCH3 is 1. The van der Waals surface area contributed by atoms with Gasteiger partial charge in [-0.25, -0.2) is 9.18 Å². The van der Waals surface area contributed by atoms with Crippen LogP contribution in [-0.2, 0) is 20.8 Å². The van der Waals surface area contributed by atoms with E-state index in [0.29, 0.717) is 30.8 Å². The third-order valence-corrected chi connectivity index (χ3v) is 5.34. The first-order chi connectivity index (χ1) is 15.2. The lowest BCUT2D eigenvalue weighted by Crippen LogP contribution is -2.64. The van der Waals surface area contributed by atoms with Crippen molar-refractivity contribution in [1.29, 1.82) is 0 Å². The fraction of sp³-hybridized carbons (Fsp3) is 0.455. The molecule has 1 atom stereocenters. The zero-order valence-corrected chi connectivity index (χ0v) is 18.6. The number of aromatic nitrogens is 2. The number of rotatable bonds is 8. The van der Waals surface area contributed by atoms with E-state index >= 15 is 0 Å². The summed E-state index contributed by atoms with van der Waals surface area (Å²) in [5, 5.41) is 7.05. The third kappa shape index (κ3) is 4.36. The molecule has 1 aromatic heterocycles. The summed E-state index contributed by atoms with van der Waals surface area (Å²) in [6.45, 7) is 5.95. The second kappa shape index (κ2) is 9.47. The minimum Gasteiger partial charge on any atom is -0.461 e. The van der Waals surface area contributed by atoms with Crippen LogP contribution in [0.1, 0.15) is 46.8 Å². The maximum Gasteiger partial charge on any atom is 0.358 e. The van der Waals surface area contributed by atoms with Gasteiger partial charge in [0.05, 0.1) is 13.2 Å². The molecule has 1 aliphatic heterocycles. The average Bonchev–Trinajstić information content (AvgIpc) is 3.17. The van der Waals surface area contributed by atoms with E-state index in [0.717, 1.165) is 0 Å². The molecular weight excluding hydrogens is 419 g/mol. The van der Waals surface area contributed by atoms with Crippen molar-refractivity contribution in [1.82, 2.24) is 15.1 Å². The van der Waals surface area contributed by atoms with E-state index in [1.54, 1.807) is 27.9 Å². The molecule has 1 N–H and O–H groups in total. The number of hydrogen-bond acceptors (Lipinski definition) is 6. The van der Waals surface area contributed by atoms with E-state index in [2.05, 4.69) is 10.4 Å². The normalized spacial score (nSPS) is 17.8. The number of fused-ring (bicyclic) bond motifs is 1. The lowest BCUT2D eigenvalue weighted by molar-refractivity contribution is -0.126. The molecule has 32 heavy (non-hydrogen) atoms. The van der Waals surface area contributed by atoms with E-state index in [4.69, 9.17) is 9.47 Å². The topological polar surface area (TPSA) is 103 Å². The molecule has 1 aromatic carbocycles. The predicted molar refractivity (Wildman–Crippen MR) is 114 cm³/mol. The Bertz CT molecular complexity index is 1040. The molecule has 0 unspecified atom stereocenters. The van der Waals surface area contributed by atoms with Crippen LogP contribution in [0.3, 0.4) is 0 Å². The van der Waals surface area contributed by atoms with Crippen LogP contribution in [0, 0.1) is 12.7 Å². The first-order valence-electron chi connectivity index (χ1n) is 10.4. The number of benzene rings is 1. The summed E-state index contributed by atoms with van der Waals surface area (Å²) >= 11 is 0. The van der Waals surface area contributed by atoms with Crippen LogP contribution in [0.25, 0.3) is 0 Å². The summed E-state index contributed by atoms with van der Waals surface area (Å²) in [4.78, 5) is 40.4. The highest BCUT2D eigenvalue weighted by atomic mass is 19.1. The van der Waals surface area contributed by atoms with Gasteiger partial charge in [0.25, 0.3) is 5.91 Å². The smallest absolute Gasteiger partial charge is 0.358 e. The number of anilines is 1. The molecule has 0 saturated heterocycles. The molecule has 172 valence electrons. The van der Waals surface area contributed by atoms with E-state index in [1.165, 1.54) is 33.8 Å². The molecule has 9 nitrogen and oxygen atoms in total. The highest BCUT2D eigenvalue weighted by Crippen LogP contribution is 2.35. The van der Waals surface area contributed by atoms with Crippen molar-refractivity contribution in [3.8, 4) is 0 Å². The van der Waals surface area contributed by atoms with Crippen LogP contribution in [-0.4, -0.2) is 60.0 Å². The minimum atomic E-state index is -1.38. The Balaban J connectivity index is 2.05. The second-order valence-electron chi connectivity index (χ2n) is 7.74. The van der Waals surface area contributed by atoms with Gasteiger partial charge in [-0.2, -0.15) is 5.10 Å². The highest BCUT2D eigenvalue weighted by molar-refractivity contribution is 6.12. The number of carbonyl (C=O) groups excluding carboxylic acids is 3. The maximum atomic E-state index is 13.7. The molecule has 0 saturated carbocycles. The molecule has 2 amide bonds. The lowest BCUT2D eigenvalue weighted by Gasteiger charge is -2.43. The Morgan fingerprint density at radius 2 is 2.06 bits per heavy atom. The van der Waals surface area contributed by atoms with Gasteiger partial charge in [0.1, 0.15) is 17.1 Å². The second-order valence-corrected chi connectivity index (χ2v) is 7.74. The van der Waals surface area contributed by atoms with Gasteiger partial charge < -0.3 is 14.8 Å². The van der Waals surface area contributed by atoms with Crippen molar-refractivity contribution >= 4 is 23.5 Å². The van der Waals surface area contributed by atoms with Gasteiger partial charge in [0.2, 0.25) is 5.91 Å². The van der Waals surface area contributed by atoms with E-state index < -0.39 is 29.1 Å². The molecule has 2 aromatic rings. The average molecular weight is 446 g/mol. The Labute approximate surface area is 185 Å². The Morgan fingerprint density at radius 3 is 2.72 bits per heavy atom. The molecule has 0 bridgehead atoms. The van der Waals surface area contributed by atoms with Crippen molar-refractivity contribution < 1.29 is 28.2 Å². The first kappa shape index (κ1) is 23.4. The molecule has 0 aliphatic carbocycles. The number of hydrogen-bond donors (Lipinski definition) is 1. The Morgan fingerprint density at radius 1 is 1.31 bits per heavy atom. The molecule has 0 spiro atoms. The van der Waals surface area contributed by atoms with Crippen LogP contribution in [0.5, 0.6) is 0 Å². The van der Waals surface area contributed by atoms with Crippen LogP contribution in [0.4, 0.5) is 10.1 Å². The largest absolute Gasteiger partial charge is 0.461 e. The highest BCUT2D eigenvalue weighted by Gasteiger charge is 2.49. The summed E-state index contributed by atoms with van der Waals surface area (Å²) in [6.07, 6.45) is 0.599. The van der Waals surface area contributed by atoms with Crippen molar-refractivity contribution in [2.24, 2.45) is 0 Å². The summed E-state index contributed by atoms with van der Waals surface area (Å²) in [6, 6.07) is 5.36. The van der Waals surface area contributed by atoms with Crippen molar-refractivity contribution in [3.63, 3.8) is 0 Å². The standard InChI is InChI=1S/C22H27FN4O5/c1-5-32-20(29)16-12-18-19(28)27(17-8-7-15(23)11-14(17)2)22(3,13-26(18)25-16)21(30)24-9-6-10-31-4/h7-8,11-12H,5-6,9-10,13H2,1-4H3,(H,24,30)/t22-/m0/s1. The Kier molecular flexibility index (Phi) is 6.93. The monoisotopic (exact) mass is 446 g/mol. The van der Waals surface area contributed by atoms with Gasteiger partial charge in [-0.05, 0) is 51.0 Å². The third-order valence-electron chi connectivity index (χ3n) is 5.34. The molecule has 1 aliphatic rings. The number of esters is 1. The summed E-state index contributed by atoms with van der Waals surface area (Å²) < 4.78 is 25.1. The molecule has 2 heterocycles. The summed E-state index contributed by atoms with van der Waals surface area (Å²) in [5.74, 6) is -2.03. The number of halogens is 1. The number of amides is 2. The van der Waals surface area contributed by atoms with Crippen LogP contribution in [0.15, 0.2) is 24.3 Å². The Hall–Kier alpha value is -3.27. The first-order valence-corrected chi connectivity index (χ1v) is 10.4. The van der Waals surface area contributed by atoms with Gasteiger partial charge in [-0.1, -0.05) is 0 Å². The maximum absolute atomic E-state index is 13.7. The number of ether oxygens (including phenoxy) is 2. The van der Waals surface area contributed by atoms with Crippen molar-refractivity contribution in [3.05, 3.63) is 47.0 Å². The van der Waals surface area contributed by atoms with Crippen molar-refractivity contribution in [2.45, 2.75) is 39.3 Å².